The van der Waals surface area contributed by atoms with Crippen molar-refractivity contribution in [2.75, 3.05) is 0 Å². The highest BCUT2D eigenvalue weighted by atomic mass is 14.6. The molecule has 0 saturated carbocycles. The molecule has 12 heavy (non-hydrogen) atoms. The van der Waals surface area contributed by atoms with E-state index in [1.165, 1.54) is 11.1 Å². The van der Waals surface area contributed by atoms with E-state index >= 15 is 0 Å². The maximum absolute atomic E-state index is 5.92. The number of hydrogen-bond acceptors (Lipinski definition) is 1. The van der Waals surface area contributed by atoms with Crippen molar-refractivity contribution in [2.24, 2.45) is 5.73 Å². The van der Waals surface area contributed by atoms with E-state index in [0.29, 0.717) is 0 Å². The van der Waals surface area contributed by atoms with Crippen LogP contribution in [-0.2, 0) is 0 Å². The molecule has 0 aliphatic heterocycles. The third kappa shape index (κ3) is 1.19. The van der Waals surface area contributed by atoms with Gasteiger partial charge in [0.25, 0.3) is 0 Å². The van der Waals surface area contributed by atoms with E-state index in [0.717, 1.165) is 0 Å². The standard InChI is InChI=1S/C11H11N/c12-11-8-4-2-6-9-5-1-3-7-10(9)11/h1-8,11H,12H2/t11-/m1/s1. The van der Waals surface area contributed by atoms with Crippen LogP contribution < -0.4 is 5.73 Å². The van der Waals surface area contributed by atoms with Crippen LogP contribution >= 0.6 is 0 Å². The summed E-state index contributed by atoms with van der Waals surface area (Å²) >= 11 is 0. The van der Waals surface area contributed by atoms with Crippen LogP contribution in [0, 0.1) is 0 Å². The second kappa shape index (κ2) is 2.95. The van der Waals surface area contributed by atoms with Gasteiger partial charge in [-0.25, -0.2) is 0 Å². The van der Waals surface area contributed by atoms with Crippen LogP contribution in [0.15, 0.2) is 42.5 Å². The summed E-state index contributed by atoms with van der Waals surface area (Å²) < 4.78 is 0. The fourth-order valence-electron chi connectivity index (χ4n) is 1.41. The molecule has 1 aliphatic rings. The summed E-state index contributed by atoms with van der Waals surface area (Å²) in [5, 5.41) is 0. The molecule has 1 nitrogen and oxygen atoms in total. The van der Waals surface area contributed by atoms with Crippen LogP contribution in [-0.4, -0.2) is 0 Å². The summed E-state index contributed by atoms with van der Waals surface area (Å²) in [5.41, 5.74) is 8.33. The lowest BCUT2D eigenvalue weighted by molar-refractivity contribution is 0.911. The van der Waals surface area contributed by atoms with E-state index in [2.05, 4.69) is 18.2 Å². The van der Waals surface area contributed by atoms with Gasteiger partial charge in [0.05, 0.1) is 0 Å². The molecule has 0 unspecified atom stereocenters. The minimum absolute atomic E-state index is 0.0381. The van der Waals surface area contributed by atoms with Gasteiger partial charge in [0, 0.05) is 6.04 Å². The summed E-state index contributed by atoms with van der Waals surface area (Å²) in [6, 6.07) is 8.24. The predicted octanol–water partition coefficient (Wildman–Crippen LogP) is 2.27. The molecule has 0 fully saturated rings. The molecular weight excluding hydrogens is 146 g/mol. The molecule has 60 valence electrons. The van der Waals surface area contributed by atoms with Crippen LogP contribution in [0.2, 0.25) is 0 Å². The number of fused-ring (bicyclic) bond motifs is 1. The summed E-state index contributed by atoms with van der Waals surface area (Å²) in [4.78, 5) is 0. The molecule has 0 aromatic heterocycles. The Morgan fingerprint density at radius 3 is 2.83 bits per heavy atom. The van der Waals surface area contributed by atoms with Crippen LogP contribution in [0.25, 0.3) is 6.08 Å². The largest absolute Gasteiger partial charge is 0.321 e. The van der Waals surface area contributed by atoms with Gasteiger partial charge in [-0.05, 0) is 11.1 Å². The van der Waals surface area contributed by atoms with Crippen molar-refractivity contribution in [3.05, 3.63) is 53.6 Å². The number of hydrogen-bond donors (Lipinski definition) is 1. The van der Waals surface area contributed by atoms with Gasteiger partial charge in [-0.15, -0.1) is 0 Å². The first kappa shape index (κ1) is 7.32. The Hall–Kier alpha value is -1.34. The van der Waals surface area contributed by atoms with Gasteiger partial charge < -0.3 is 5.73 Å². The van der Waals surface area contributed by atoms with Crippen molar-refractivity contribution in [1.29, 1.82) is 0 Å². The number of benzene rings is 1. The van der Waals surface area contributed by atoms with E-state index < -0.39 is 0 Å². The first-order valence-corrected chi connectivity index (χ1v) is 4.07. The van der Waals surface area contributed by atoms with Crippen LogP contribution in [0.3, 0.4) is 0 Å². The Morgan fingerprint density at radius 2 is 1.92 bits per heavy atom. The minimum atomic E-state index is 0.0381. The van der Waals surface area contributed by atoms with Gasteiger partial charge in [0.15, 0.2) is 0 Å². The molecule has 1 aromatic rings. The molecule has 1 aliphatic carbocycles. The van der Waals surface area contributed by atoms with Crippen molar-refractivity contribution in [3.8, 4) is 0 Å². The highest BCUT2D eigenvalue weighted by Gasteiger charge is 2.06. The van der Waals surface area contributed by atoms with Crippen molar-refractivity contribution in [3.63, 3.8) is 0 Å². The molecule has 0 radical (unpaired) electrons. The van der Waals surface area contributed by atoms with Crippen molar-refractivity contribution in [2.45, 2.75) is 6.04 Å². The molecule has 0 bridgehead atoms. The number of nitrogens with two attached hydrogens (primary N) is 1. The first-order valence-electron chi connectivity index (χ1n) is 4.07. The molecule has 0 spiro atoms. The molecule has 1 atom stereocenters. The van der Waals surface area contributed by atoms with E-state index in [9.17, 15) is 0 Å². The second-order valence-corrected chi connectivity index (χ2v) is 2.90. The van der Waals surface area contributed by atoms with Gasteiger partial charge >= 0.3 is 0 Å². The first-order chi connectivity index (χ1) is 5.88. The predicted molar refractivity (Wildman–Crippen MR) is 51.5 cm³/mol. The van der Waals surface area contributed by atoms with Crippen LogP contribution in [0.4, 0.5) is 0 Å². The molecule has 0 saturated heterocycles. The van der Waals surface area contributed by atoms with Crippen molar-refractivity contribution in [1.82, 2.24) is 0 Å². The highest BCUT2D eigenvalue weighted by Crippen LogP contribution is 2.20. The van der Waals surface area contributed by atoms with Gasteiger partial charge in [-0.1, -0.05) is 48.6 Å². The average molecular weight is 157 g/mol. The number of rotatable bonds is 0. The van der Waals surface area contributed by atoms with E-state index in [1.807, 2.05) is 30.4 Å². The Balaban J connectivity index is 2.56. The zero-order valence-electron chi connectivity index (χ0n) is 6.77. The SMILES string of the molecule is N[C@@H]1C=CC=Cc2ccccc21. The lowest BCUT2D eigenvalue weighted by atomic mass is 10.0. The Bertz CT molecular complexity index is 337. The Kier molecular flexibility index (Phi) is 1.80. The smallest absolute Gasteiger partial charge is 0.0490 e. The van der Waals surface area contributed by atoms with E-state index in [-0.39, 0.29) is 6.04 Å². The molecule has 1 aromatic carbocycles. The molecule has 1 heteroatoms. The average Bonchev–Trinajstić information content (AvgIpc) is 2.29. The highest BCUT2D eigenvalue weighted by molar-refractivity contribution is 5.58. The maximum Gasteiger partial charge on any atom is 0.0490 e. The van der Waals surface area contributed by atoms with E-state index in [4.69, 9.17) is 5.73 Å². The maximum atomic E-state index is 5.92. The third-order valence-electron chi connectivity index (χ3n) is 2.06. The summed E-state index contributed by atoms with van der Waals surface area (Å²) in [5.74, 6) is 0. The Labute approximate surface area is 72.2 Å². The third-order valence-corrected chi connectivity index (χ3v) is 2.06. The molecular formula is C11H11N. The molecule has 0 amide bonds. The quantitative estimate of drug-likeness (QED) is 0.614. The molecule has 2 N–H and O–H groups in total. The number of allylic oxidation sites excluding steroid dienone is 2. The van der Waals surface area contributed by atoms with Gasteiger partial charge in [-0.2, -0.15) is 0 Å². The fraction of sp³-hybridized carbons (Fsp3) is 0.0909. The van der Waals surface area contributed by atoms with Gasteiger partial charge in [0.2, 0.25) is 0 Å². The topological polar surface area (TPSA) is 26.0 Å². The summed E-state index contributed by atoms with van der Waals surface area (Å²) in [6.07, 6.45) is 8.09. The molecule has 0 heterocycles. The van der Waals surface area contributed by atoms with Crippen molar-refractivity contribution < 1.29 is 0 Å². The minimum Gasteiger partial charge on any atom is -0.321 e. The van der Waals surface area contributed by atoms with Crippen molar-refractivity contribution >= 4 is 6.08 Å². The lowest BCUT2D eigenvalue weighted by Crippen LogP contribution is -2.07. The summed E-state index contributed by atoms with van der Waals surface area (Å²) in [6.45, 7) is 0. The molecule has 2 rings (SSSR count). The monoisotopic (exact) mass is 157 g/mol. The van der Waals surface area contributed by atoms with Gasteiger partial charge in [0.1, 0.15) is 0 Å². The van der Waals surface area contributed by atoms with Crippen LogP contribution in [0.1, 0.15) is 17.2 Å². The Morgan fingerprint density at radius 1 is 1.08 bits per heavy atom. The lowest BCUT2D eigenvalue weighted by Gasteiger charge is -2.08. The second-order valence-electron chi connectivity index (χ2n) is 2.90. The fourth-order valence-corrected chi connectivity index (χ4v) is 1.41. The van der Waals surface area contributed by atoms with Crippen LogP contribution in [0.5, 0.6) is 0 Å². The zero-order valence-corrected chi connectivity index (χ0v) is 6.77. The summed E-state index contributed by atoms with van der Waals surface area (Å²) in [7, 11) is 0. The zero-order chi connectivity index (χ0) is 8.39. The normalized spacial score (nSPS) is 20.2. The van der Waals surface area contributed by atoms with Gasteiger partial charge in [-0.3, -0.25) is 0 Å². The van der Waals surface area contributed by atoms with E-state index in [1.54, 1.807) is 0 Å².